The first-order chi connectivity index (χ1) is 8.27. The number of aromatic nitrogens is 2. The van der Waals surface area contributed by atoms with Crippen molar-refractivity contribution in [2.45, 2.75) is 6.42 Å². The van der Waals surface area contributed by atoms with Crippen LogP contribution in [0.25, 0.3) is 11.3 Å². The highest BCUT2D eigenvalue weighted by atomic mass is 16.5. The molecular weight excluding hydrogens is 214 g/mol. The summed E-state index contributed by atoms with van der Waals surface area (Å²) in [7, 11) is 3.61. The molecule has 0 aliphatic heterocycles. The lowest BCUT2D eigenvalue weighted by Crippen LogP contribution is -2.04. The van der Waals surface area contributed by atoms with Crippen molar-refractivity contribution in [3.63, 3.8) is 0 Å². The van der Waals surface area contributed by atoms with Crippen molar-refractivity contribution in [1.82, 2.24) is 9.78 Å². The van der Waals surface area contributed by atoms with E-state index < -0.39 is 0 Å². The lowest BCUT2D eigenvalue weighted by atomic mass is 10.0. The van der Waals surface area contributed by atoms with Crippen LogP contribution in [0.15, 0.2) is 30.5 Å². The van der Waals surface area contributed by atoms with Crippen molar-refractivity contribution in [2.75, 3.05) is 13.7 Å². The molecule has 1 aromatic carbocycles. The molecule has 0 atom stereocenters. The van der Waals surface area contributed by atoms with Gasteiger partial charge in [0, 0.05) is 12.6 Å². The second-order valence-electron chi connectivity index (χ2n) is 3.88. The molecule has 0 aliphatic rings. The molecular formula is C13H17N3O. The molecule has 1 heterocycles. The molecule has 0 radical (unpaired) electrons. The number of methoxy groups -OCH3 is 1. The van der Waals surface area contributed by atoms with Crippen molar-refractivity contribution in [1.29, 1.82) is 0 Å². The van der Waals surface area contributed by atoms with Gasteiger partial charge in [0.2, 0.25) is 0 Å². The van der Waals surface area contributed by atoms with Gasteiger partial charge in [0.25, 0.3) is 0 Å². The highest BCUT2D eigenvalue weighted by Crippen LogP contribution is 2.31. The van der Waals surface area contributed by atoms with Crippen molar-refractivity contribution in [3.05, 3.63) is 36.0 Å². The zero-order chi connectivity index (χ0) is 12.3. The first-order valence-corrected chi connectivity index (χ1v) is 5.62. The number of ether oxygens (including phenoxy) is 1. The van der Waals surface area contributed by atoms with Crippen LogP contribution in [0.1, 0.15) is 5.56 Å². The summed E-state index contributed by atoms with van der Waals surface area (Å²) in [4.78, 5) is 0. The molecule has 0 aliphatic carbocycles. The second kappa shape index (κ2) is 5.01. The van der Waals surface area contributed by atoms with E-state index in [0.29, 0.717) is 6.54 Å². The molecule has 90 valence electrons. The summed E-state index contributed by atoms with van der Waals surface area (Å²) < 4.78 is 7.25. The van der Waals surface area contributed by atoms with E-state index in [1.165, 1.54) is 0 Å². The Balaban J connectivity index is 2.55. The summed E-state index contributed by atoms with van der Waals surface area (Å²) in [6.45, 7) is 0.619. The number of hydrogen-bond donors (Lipinski definition) is 1. The molecule has 0 saturated carbocycles. The number of nitrogens with zero attached hydrogens (tertiary/aromatic N) is 2. The van der Waals surface area contributed by atoms with Gasteiger partial charge in [0.15, 0.2) is 0 Å². The van der Waals surface area contributed by atoms with Gasteiger partial charge in [-0.1, -0.05) is 12.1 Å². The molecule has 2 rings (SSSR count). The molecule has 17 heavy (non-hydrogen) atoms. The Morgan fingerprint density at radius 3 is 2.82 bits per heavy atom. The molecule has 0 spiro atoms. The van der Waals surface area contributed by atoms with Gasteiger partial charge in [-0.05, 0) is 30.7 Å². The van der Waals surface area contributed by atoms with E-state index in [1.54, 1.807) is 7.11 Å². The van der Waals surface area contributed by atoms with Crippen LogP contribution in [0.3, 0.4) is 0 Å². The largest absolute Gasteiger partial charge is 0.496 e. The Labute approximate surface area is 101 Å². The maximum absolute atomic E-state index is 5.62. The van der Waals surface area contributed by atoms with E-state index in [0.717, 1.165) is 29.0 Å². The van der Waals surface area contributed by atoms with Crippen LogP contribution in [0.2, 0.25) is 0 Å². The third-order valence-electron chi connectivity index (χ3n) is 2.79. The fourth-order valence-electron chi connectivity index (χ4n) is 2.01. The Bertz CT molecular complexity index is 505. The molecule has 4 nitrogen and oxygen atoms in total. The summed E-state index contributed by atoms with van der Waals surface area (Å²) in [6.07, 6.45) is 2.69. The number of hydrogen-bond acceptors (Lipinski definition) is 3. The van der Waals surface area contributed by atoms with Crippen molar-refractivity contribution in [2.24, 2.45) is 12.8 Å². The van der Waals surface area contributed by atoms with Gasteiger partial charge in [-0.15, -0.1) is 0 Å². The molecule has 0 unspecified atom stereocenters. The summed E-state index contributed by atoms with van der Waals surface area (Å²) in [5.41, 5.74) is 8.90. The number of nitrogens with two attached hydrogens (primary N) is 1. The monoisotopic (exact) mass is 231 g/mol. The van der Waals surface area contributed by atoms with Gasteiger partial charge in [0.1, 0.15) is 5.75 Å². The standard InChI is InChI=1S/C13H17N3O/c1-16-13(10(7-8-14)9-15-16)11-5-3-4-6-12(11)17-2/h3-6,9H,7-8,14H2,1-2H3. The first-order valence-electron chi connectivity index (χ1n) is 5.62. The Morgan fingerprint density at radius 2 is 2.12 bits per heavy atom. The zero-order valence-electron chi connectivity index (χ0n) is 10.2. The van der Waals surface area contributed by atoms with Gasteiger partial charge < -0.3 is 10.5 Å². The summed E-state index contributed by atoms with van der Waals surface area (Å²) >= 11 is 0. The van der Waals surface area contributed by atoms with Crippen LogP contribution in [0, 0.1) is 0 Å². The fourth-order valence-corrected chi connectivity index (χ4v) is 2.01. The molecule has 0 amide bonds. The van der Waals surface area contributed by atoms with Crippen LogP contribution < -0.4 is 10.5 Å². The quantitative estimate of drug-likeness (QED) is 0.869. The van der Waals surface area contributed by atoms with E-state index in [-0.39, 0.29) is 0 Å². The van der Waals surface area contributed by atoms with Crippen molar-refractivity contribution >= 4 is 0 Å². The van der Waals surface area contributed by atoms with Gasteiger partial charge in [0.05, 0.1) is 19.0 Å². The zero-order valence-corrected chi connectivity index (χ0v) is 10.2. The summed E-state index contributed by atoms with van der Waals surface area (Å²) in [5.74, 6) is 0.856. The number of para-hydroxylation sites is 1. The summed E-state index contributed by atoms with van der Waals surface area (Å²) in [6, 6.07) is 7.95. The van der Waals surface area contributed by atoms with Gasteiger partial charge >= 0.3 is 0 Å². The Hall–Kier alpha value is -1.81. The third-order valence-corrected chi connectivity index (χ3v) is 2.79. The first kappa shape index (κ1) is 11.7. The van der Waals surface area contributed by atoms with E-state index in [4.69, 9.17) is 10.5 Å². The number of aryl methyl sites for hydroxylation is 1. The van der Waals surface area contributed by atoms with Crippen LogP contribution in [-0.2, 0) is 13.5 Å². The topological polar surface area (TPSA) is 53.1 Å². The molecule has 0 fully saturated rings. The van der Waals surface area contributed by atoms with E-state index in [1.807, 2.05) is 42.2 Å². The predicted molar refractivity (Wildman–Crippen MR) is 68.0 cm³/mol. The molecule has 0 bridgehead atoms. The van der Waals surface area contributed by atoms with E-state index >= 15 is 0 Å². The molecule has 4 heteroatoms. The van der Waals surface area contributed by atoms with Crippen LogP contribution in [0.4, 0.5) is 0 Å². The van der Waals surface area contributed by atoms with Gasteiger partial charge in [-0.25, -0.2) is 0 Å². The highest BCUT2D eigenvalue weighted by molar-refractivity contribution is 5.70. The Morgan fingerprint density at radius 1 is 1.35 bits per heavy atom. The predicted octanol–water partition coefficient (Wildman–Crippen LogP) is 1.60. The van der Waals surface area contributed by atoms with Crippen LogP contribution >= 0.6 is 0 Å². The lowest BCUT2D eigenvalue weighted by Gasteiger charge is -2.10. The Kier molecular flexibility index (Phi) is 3.44. The molecule has 2 aromatic rings. The SMILES string of the molecule is COc1ccccc1-c1c(CCN)cnn1C. The average Bonchev–Trinajstić information content (AvgIpc) is 2.71. The summed E-state index contributed by atoms with van der Waals surface area (Å²) in [5, 5.41) is 4.29. The highest BCUT2D eigenvalue weighted by Gasteiger charge is 2.13. The lowest BCUT2D eigenvalue weighted by molar-refractivity contribution is 0.416. The molecule has 1 aromatic heterocycles. The minimum atomic E-state index is 0.619. The molecule has 2 N–H and O–H groups in total. The van der Waals surface area contributed by atoms with Gasteiger partial charge in [-0.2, -0.15) is 5.10 Å². The van der Waals surface area contributed by atoms with Crippen molar-refractivity contribution < 1.29 is 4.74 Å². The minimum absolute atomic E-state index is 0.619. The minimum Gasteiger partial charge on any atom is -0.496 e. The molecule has 0 saturated heterocycles. The van der Waals surface area contributed by atoms with Crippen LogP contribution in [-0.4, -0.2) is 23.4 Å². The van der Waals surface area contributed by atoms with Crippen LogP contribution in [0.5, 0.6) is 5.75 Å². The van der Waals surface area contributed by atoms with E-state index in [2.05, 4.69) is 5.10 Å². The maximum Gasteiger partial charge on any atom is 0.128 e. The number of rotatable bonds is 4. The fraction of sp³-hybridized carbons (Fsp3) is 0.308. The average molecular weight is 231 g/mol. The van der Waals surface area contributed by atoms with Gasteiger partial charge in [-0.3, -0.25) is 4.68 Å². The van der Waals surface area contributed by atoms with Crippen molar-refractivity contribution in [3.8, 4) is 17.0 Å². The smallest absolute Gasteiger partial charge is 0.128 e. The van der Waals surface area contributed by atoms with E-state index in [9.17, 15) is 0 Å². The second-order valence-corrected chi connectivity index (χ2v) is 3.88. The number of benzene rings is 1. The maximum atomic E-state index is 5.62. The third kappa shape index (κ3) is 2.17. The normalized spacial score (nSPS) is 10.5.